The van der Waals surface area contributed by atoms with E-state index in [2.05, 4.69) is 20.7 Å². The van der Waals surface area contributed by atoms with Crippen LogP contribution >= 0.6 is 11.6 Å². The number of hydrogen-bond acceptors (Lipinski definition) is 7. The van der Waals surface area contributed by atoms with Crippen molar-refractivity contribution in [3.8, 4) is 5.75 Å². The lowest BCUT2D eigenvalue weighted by molar-refractivity contribution is 0.417. The predicted molar refractivity (Wildman–Crippen MR) is 88.2 cm³/mol. The summed E-state index contributed by atoms with van der Waals surface area (Å²) in [6, 6.07) is 6.25. The van der Waals surface area contributed by atoms with Crippen LogP contribution in [-0.2, 0) is 10.0 Å². The van der Waals surface area contributed by atoms with Crippen LogP contribution in [-0.4, -0.2) is 27.6 Å². The number of aromatic nitrogens is 1. The van der Waals surface area contributed by atoms with Crippen molar-refractivity contribution >= 4 is 38.7 Å². The summed E-state index contributed by atoms with van der Waals surface area (Å²) in [6.07, 6.45) is 1.19. The van der Waals surface area contributed by atoms with Gasteiger partial charge in [-0.1, -0.05) is 11.6 Å². The van der Waals surface area contributed by atoms with Crippen molar-refractivity contribution < 1.29 is 13.2 Å². The third-order valence-electron chi connectivity index (χ3n) is 3.30. The Morgan fingerprint density at radius 3 is 2.74 bits per heavy atom. The number of nitrogens with one attached hydrogen (secondary N) is 3. The second kappa shape index (κ2) is 5.76. The Labute approximate surface area is 138 Å². The van der Waals surface area contributed by atoms with Crippen LogP contribution in [0.5, 0.6) is 5.75 Å². The topological polar surface area (TPSA) is 95.6 Å². The minimum absolute atomic E-state index is 0.00289. The molecule has 0 spiro atoms. The van der Waals surface area contributed by atoms with E-state index in [-0.39, 0.29) is 10.0 Å². The van der Waals surface area contributed by atoms with Gasteiger partial charge in [0.25, 0.3) is 10.0 Å². The molecule has 0 aliphatic carbocycles. The lowest BCUT2D eigenvalue weighted by Crippen LogP contribution is -2.32. The van der Waals surface area contributed by atoms with Gasteiger partial charge >= 0.3 is 0 Å². The van der Waals surface area contributed by atoms with Crippen molar-refractivity contribution in [1.82, 2.24) is 10.5 Å². The summed E-state index contributed by atoms with van der Waals surface area (Å²) in [5, 5.41) is 1.87. The fraction of sp³-hybridized carbons (Fsp3) is 0.154. The van der Waals surface area contributed by atoms with Gasteiger partial charge < -0.3 is 10.2 Å². The third kappa shape index (κ3) is 2.85. The SMILES string of the molecule is COc1ccc2c(c1NS(=O)(=O)c1ccc(Cl)nc1)N(C)NN2. The zero-order valence-corrected chi connectivity index (χ0v) is 13.9. The van der Waals surface area contributed by atoms with Gasteiger partial charge in [-0.15, -0.1) is 5.53 Å². The molecule has 1 aliphatic rings. The molecular formula is C13H14ClN5O3S. The molecule has 122 valence electrons. The zero-order chi connectivity index (χ0) is 16.6. The Morgan fingerprint density at radius 1 is 1.30 bits per heavy atom. The highest BCUT2D eigenvalue weighted by molar-refractivity contribution is 7.92. The molecule has 2 aromatic rings. The van der Waals surface area contributed by atoms with E-state index in [0.717, 1.165) is 5.69 Å². The summed E-state index contributed by atoms with van der Waals surface area (Å²) in [7, 11) is -0.620. The van der Waals surface area contributed by atoms with Crippen LogP contribution in [0.2, 0.25) is 5.15 Å². The first-order chi connectivity index (χ1) is 10.9. The average molecular weight is 356 g/mol. The first kappa shape index (κ1) is 15.7. The number of methoxy groups -OCH3 is 1. The average Bonchev–Trinajstić information content (AvgIpc) is 2.89. The maximum Gasteiger partial charge on any atom is 0.263 e. The summed E-state index contributed by atoms with van der Waals surface area (Å²) < 4.78 is 33.0. The Hall–Kier alpha value is -2.23. The van der Waals surface area contributed by atoms with Gasteiger partial charge in [0.2, 0.25) is 0 Å². The molecule has 0 saturated heterocycles. The van der Waals surface area contributed by atoms with Gasteiger partial charge in [-0.25, -0.2) is 13.4 Å². The van der Waals surface area contributed by atoms with Gasteiger partial charge in [-0.2, -0.15) is 0 Å². The van der Waals surface area contributed by atoms with Crippen LogP contribution in [0.4, 0.5) is 17.1 Å². The molecular weight excluding hydrogens is 342 g/mol. The molecule has 10 heteroatoms. The van der Waals surface area contributed by atoms with Crippen molar-refractivity contribution in [3.05, 3.63) is 35.6 Å². The largest absolute Gasteiger partial charge is 0.494 e. The third-order valence-corrected chi connectivity index (χ3v) is 4.86. The van der Waals surface area contributed by atoms with Crippen LogP contribution in [0, 0.1) is 0 Å². The Kier molecular flexibility index (Phi) is 3.92. The number of rotatable bonds is 4. The monoisotopic (exact) mass is 355 g/mol. The molecule has 2 heterocycles. The number of benzene rings is 1. The maximum absolute atomic E-state index is 12.6. The van der Waals surface area contributed by atoms with E-state index in [1.165, 1.54) is 25.4 Å². The standard InChI is InChI=1S/C13H14ClN5O3S/c1-19-13-9(16-18-19)4-5-10(22-2)12(13)17-23(20,21)8-3-6-11(14)15-7-8/h3-7,16-18H,1-2H3. The number of pyridine rings is 1. The van der Waals surface area contributed by atoms with E-state index in [1.54, 1.807) is 24.2 Å². The molecule has 0 radical (unpaired) electrons. The molecule has 23 heavy (non-hydrogen) atoms. The summed E-state index contributed by atoms with van der Waals surface area (Å²) in [6.45, 7) is 0. The van der Waals surface area contributed by atoms with Crippen LogP contribution in [0.1, 0.15) is 0 Å². The number of hydrazine groups is 2. The van der Waals surface area contributed by atoms with Gasteiger partial charge in [0, 0.05) is 13.2 Å². The van der Waals surface area contributed by atoms with Crippen molar-refractivity contribution in [2.75, 3.05) is 29.3 Å². The van der Waals surface area contributed by atoms with Gasteiger partial charge in [-0.3, -0.25) is 9.73 Å². The molecule has 0 bridgehead atoms. The van der Waals surface area contributed by atoms with E-state index in [9.17, 15) is 8.42 Å². The minimum Gasteiger partial charge on any atom is -0.494 e. The van der Waals surface area contributed by atoms with Crippen molar-refractivity contribution in [1.29, 1.82) is 0 Å². The number of ether oxygens (including phenoxy) is 1. The highest BCUT2D eigenvalue weighted by Crippen LogP contribution is 2.43. The first-order valence-corrected chi connectivity index (χ1v) is 8.39. The van der Waals surface area contributed by atoms with Crippen molar-refractivity contribution in [2.45, 2.75) is 4.90 Å². The molecule has 0 saturated carbocycles. The molecule has 0 amide bonds. The molecule has 1 aromatic carbocycles. The normalized spacial score (nSPS) is 13.4. The van der Waals surface area contributed by atoms with E-state index in [1.807, 2.05) is 0 Å². The summed E-state index contributed by atoms with van der Waals surface area (Å²) in [4.78, 5) is 3.80. The minimum atomic E-state index is -3.84. The molecule has 3 rings (SSSR count). The second-order valence-electron chi connectivity index (χ2n) is 4.76. The molecule has 0 unspecified atom stereocenters. The fourth-order valence-electron chi connectivity index (χ4n) is 2.21. The van der Waals surface area contributed by atoms with E-state index < -0.39 is 10.0 Å². The lowest BCUT2D eigenvalue weighted by Gasteiger charge is -2.18. The van der Waals surface area contributed by atoms with Crippen LogP contribution in [0.3, 0.4) is 0 Å². The number of anilines is 3. The summed E-state index contributed by atoms with van der Waals surface area (Å²) in [5.74, 6) is 0.395. The Bertz CT molecular complexity index is 841. The molecule has 0 fully saturated rings. The Morgan fingerprint density at radius 2 is 2.09 bits per heavy atom. The van der Waals surface area contributed by atoms with Gasteiger partial charge in [0.05, 0.1) is 12.8 Å². The molecule has 3 N–H and O–H groups in total. The number of fused-ring (bicyclic) bond motifs is 1. The molecule has 0 atom stereocenters. The van der Waals surface area contributed by atoms with Crippen LogP contribution in [0.15, 0.2) is 35.4 Å². The summed E-state index contributed by atoms with van der Waals surface area (Å²) >= 11 is 5.70. The van der Waals surface area contributed by atoms with Gasteiger partial charge in [-0.05, 0) is 24.3 Å². The van der Waals surface area contributed by atoms with E-state index in [4.69, 9.17) is 16.3 Å². The van der Waals surface area contributed by atoms with Crippen molar-refractivity contribution in [2.24, 2.45) is 0 Å². The highest BCUT2D eigenvalue weighted by Gasteiger charge is 2.26. The van der Waals surface area contributed by atoms with Crippen LogP contribution < -0.4 is 25.4 Å². The number of sulfonamides is 1. The number of hydrogen-bond donors (Lipinski definition) is 3. The number of nitrogens with zero attached hydrogens (tertiary/aromatic N) is 2. The first-order valence-electron chi connectivity index (χ1n) is 6.53. The molecule has 1 aromatic heterocycles. The lowest BCUT2D eigenvalue weighted by atomic mass is 10.2. The molecule has 8 nitrogen and oxygen atoms in total. The van der Waals surface area contributed by atoms with Crippen LogP contribution in [0.25, 0.3) is 0 Å². The van der Waals surface area contributed by atoms with Crippen molar-refractivity contribution in [3.63, 3.8) is 0 Å². The van der Waals surface area contributed by atoms with Gasteiger partial charge in [0.1, 0.15) is 27.2 Å². The maximum atomic E-state index is 12.6. The fourth-order valence-corrected chi connectivity index (χ4v) is 3.34. The predicted octanol–water partition coefficient (Wildman–Crippen LogP) is 1.83. The quantitative estimate of drug-likeness (QED) is 0.720. The van der Waals surface area contributed by atoms with E-state index in [0.29, 0.717) is 17.1 Å². The number of halogens is 1. The Balaban J connectivity index is 2.06. The second-order valence-corrected chi connectivity index (χ2v) is 6.83. The zero-order valence-electron chi connectivity index (χ0n) is 12.3. The smallest absolute Gasteiger partial charge is 0.263 e. The summed E-state index contributed by atoms with van der Waals surface area (Å²) in [5.41, 5.74) is 7.47. The molecule has 1 aliphatic heterocycles. The van der Waals surface area contributed by atoms with Gasteiger partial charge in [0.15, 0.2) is 0 Å². The van der Waals surface area contributed by atoms with E-state index >= 15 is 0 Å². The highest BCUT2D eigenvalue weighted by atomic mass is 35.5.